The van der Waals surface area contributed by atoms with Crippen molar-refractivity contribution in [2.24, 2.45) is 0 Å². The minimum absolute atomic E-state index is 0.0388. The number of hydrogen-bond acceptors (Lipinski definition) is 2. The summed E-state index contributed by atoms with van der Waals surface area (Å²) in [4.78, 5) is 16.6. The first-order valence-corrected chi connectivity index (χ1v) is 5.78. The van der Waals surface area contributed by atoms with Crippen LogP contribution in [0.1, 0.15) is 35.4 Å². The Morgan fingerprint density at radius 2 is 2.00 bits per heavy atom. The molecule has 4 nitrogen and oxygen atoms in total. The average Bonchev–Trinajstić information content (AvgIpc) is 2.65. The Morgan fingerprint density at radius 1 is 1.25 bits per heavy atom. The quantitative estimate of drug-likeness (QED) is 0.727. The highest BCUT2D eigenvalue weighted by Crippen LogP contribution is 2.23. The van der Waals surface area contributed by atoms with E-state index < -0.39 is 0 Å². The van der Waals surface area contributed by atoms with Gasteiger partial charge in [-0.2, -0.15) is 0 Å². The summed E-state index contributed by atoms with van der Waals surface area (Å²) in [5.41, 5.74) is 4.89. The van der Waals surface area contributed by atoms with Crippen molar-refractivity contribution in [1.29, 1.82) is 0 Å². The largest absolute Gasteiger partial charge is 0.293 e. The van der Waals surface area contributed by atoms with E-state index >= 15 is 0 Å². The van der Waals surface area contributed by atoms with Gasteiger partial charge in [0, 0.05) is 22.5 Å². The Morgan fingerprint density at radius 3 is 2.81 bits per heavy atom. The highest BCUT2D eigenvalue weighted by Gasteiger charge is 2.18. The third-order valence-corrected chi connectivity index (χ3v) is 3.54. The standard InChI is InChI=1S/C12H15N3O/c1-7-8(2)13-11-9-5-3-4-6-10(9)14-15(11)12(7)16/h14H,3-6H2,1-2H3. The molecule has 0 radical (unpaired) electrons. The van der Waals surface area contributed by atoms with Crippen molar-refractivity contribution in [3.8, 4) is 0 Å². The predicted molar refractivity (Wildman–Crippen MR) is 61.9 cm³/mol. The van der Waals surface area contributed by atoms with Gasteiger partial charge < -0.3 is 0 Å². The van der Waals surface area contributed by atoms with E-state index in [1.54, 1.807) is 4.52 Å². The molecule has 0 unspecified atom stereocenters. The zero-order valence-electron chi connectivity index (χ0n) is 9.63. The van der Waals surface area contributed by atoms with Gasteiger partial charge in [0.1, 0.15) is 0 Å². The molecule has 0 atom stereocenters. The number of aromatic amines is 1. The van der Waals surface area contributed by atoms with Crippen molar-refractivity contribution in [1.82, 2.24) is 14.6 Å². The summed E-state index contributed by atoms with van der Waals surface area (Å²) < 4.78 is 1.61. The molecule has 3 rings (SSSR count). The van der Waals surface area contributed by atoms with Crippen LogP contribution < -0.4 is 5.56 Å². The number of nitrogens with one attached hydrogen (secondary N) is 1. The first-order chi connectivity index (χ1) is 7.68. The molecule has 0 saturated carbocycles. The van der Waals surface area contributed by atoms with Gasteiger partial charge in [0.25, 0.3) is 5.56 Å². The summed E-state index contributed by atoms with van der Waals surface area (Å²) in [6.45, 7) is 3.73. The van der Waals surface area contributed by atoms with Crippen LogP contribution in [0.4, 0.5) is 0 Å². The highest BCUT2D eigenvalue weighted by atomic mass is 16.1. The number of H-pyrrole nitrogens is 1. The maximum atomic E-state index is 12.1. The first-order valence-electron chi connectivity index (χ1n) is 5.78. The zero-order valence-corrected chi connectivity index (χ0v) is 9.63. The van der Waals surface area contributed by atoms with Crippen LogP contribution in [-0.4, -0.2) is 14.6 Å². The van der Waals surface area contributed by atoms with Crippen LogP contribution in [0.3, 0.4) is 0 Å². The number of nitrogens with zero attached hydrogens (tertiary/aromatic N) is 2. The van der Waals surface area contributed by atoms with Crippen molar-refractivity contribution < 1.29 is 0 Å². The Balaban J connectivity index is 2.44. The molecule has 1 aliphatic rings. The number of fused-ring (bicyclic) bond motifs is 3. The van der Waals surface area contributed by atoms with Crippen molar-refractivity contribution in [3.63, 3.8) is 0 Å². The molecule has 0 fully saturated rings. The van der Waals surface area contributed by atoms with Crippen molar-refractivity contribution in [2.75, 3.05) is 0 Å². The molecule has 1 N–H and O–H groups in total. The fourth-order valence-corrected chi connectivity index (χ4v) is 2.43. The van der Waals surface area contributed by atoms with E-state index in [4.69, 9.17) is 0 Å². The van der Waals surface area contributed by atoms with Gasteiger partial charge in [0.05, 0.1) is 0 Å². The van der Waals surface area contributed by atoms with Crippen molar-refractivity contribution >= 4 is 5.65 Å². The Labute approximate surface area is 93.3 Å². The molecular weight excluding hydrogens is 202 g/mol. The summed E-state index contributed by atoms with van der Waals surface area (Å²) in [6.07, 6.45) is 4.48. The van der Waals surface area contributed by atoms with Crippen LogP contribution >= 0.6 is 0 Å². The van der Waals surface area contributed by atoms with Crippen LogP contribution in [0, 0.1) is 13.8 Å². The molecule has 84 valence electrons. The second-order valence-corrected chi connectivity index (χ2v) is 4.56. The fourth-order valence-electron chi connectivity index (χ4n) is 2.43. The molecule has 4 heteroatoms. The molecule has 0 aliphatic heterocycles. The first kappa shape index (κ1) is 9.63. The Bertz CT molecular complexity index is 621. The highest BCUT2D eigenvalue weighted by molar-refractivity contribution is 5.52. The Hall–Kier alpha value is -1.58. The van der Waals surface area contributed by atoms with E-state index in [1.807, 2.05) is 13.8 Å². The lowest BCUT2D eigenvalue weighted by Crippen LogP contribution is -2.19. The molecule has 0 saturated heterocycles. The van der Waals surface area contributed by atoms with Gasteiger partial charge in [-0.3, -0.25) is 9.89 Å². The second-order valence-electron chi connectivity index (χ2n) is 4.56. The predicted octanol–water partition coefficient (Wildman–Crippen LogP) is 1.52. The topological polar surface area (TPSA) is 50.2 Å². The molecule has 2 aromatic rings. The summed E-state index contributed by atoms with van der Waals surface area (Å²) in [5.74, 6) is 0. The van der Waals surface area contributed by atoms with E-state index in [-0.39, 0.29) is 5.56 Å². The third-order valence-electron chi connectivity index (χ3n) is 3.54. The molecular formula is C12H15N3O. The van der Waals surface area contributed by atoms with Gasteiger partial charge in [0.15, 0.2) is 5.65 Å². The Kier molecular flexibility index (Phi) is 1.93. The molecule has 1 aliphatic carbocycles. The van der Waals surface area contributed by atoms with E-state index in [0.717, 1.165) is 29.7 Å². The minimum Gasteiger partial charge on any atom is -0.293 e. The van der Waals surface area contributed by atoms with E-state index in [9.17, 15) is 4.79 Å². The van der Waals surface area contributed by atoms with Gasteiger partial charge in [-0.25, -0.2) is 9.50 Å². The fraction of sp³-hybridized carbons (Fsp3) is 0.500. The second kappa shape index (κ2) is 3.20. The molecule has 0 aromatic carbocycles. The van der Waals surface area contributed by atoms with Gasteiger partial charge in [0.2, 0.25) is 0 Å². The normalized spacial score (nSPS) is 15.4. The SMILES string of the molecule is Cc1nc2c3c([nH]n2c(=O)c1C)CCCC3. The van der Waals surface area contributed by atoms with E-state index in [0.29, 0.717) is 0 Å². The smallest absolute Gasteiger partial charge is 0.275 e. The lowest BCUT2D eigenvalue weighted by Gasteiger charge is -2.08. The van der Waals surface area contributed by atoms with Crippen molar-refractivity contribution in [3.05, 3.63) is 32.9 Å². The van der Waals surface area contributed by atoms with Gasteiger partial charge in [-0.1, -0.05) is 0 Å². The third kappa shape index (κ3) is 1.16. The number of aromatic nitrogens is 3. The average molecular weight is 217 g/mol. The monoisotopic (exact) mass is 217 g/mol. The van der Waals surface area contributed by atoms with Crippen LogP contribution in [0.25, 0.3) is 5.65 Å². The number of rotatable bonds is 0. The van der Waals surface area contributed by atoms with Gasteiger partial charge in [-0.05, 0) is 39.5 Å². The molecule has 2 heterocycles. The van der Waals surface area contributed by atoms with Crippen LogP contribution in [0.15, 0.2) is 4.79 Å². The number of aryl methyl sites for hydroxylation is 3. The minimum atomic E-state index is 0.0388. The molecule has 0 bridgehead atoms. The summed E-state index contributed by atoms with van der Waals surface area (Å²) >= 11 is 0. The van der Waals surface area contributed by atoms with Crippen molar-refractivity contribution in [2.45, 2.75) is 39.5 Å². The zero-order chi connectivity index (χ0) is 11.3. The maximum absolute atomic E-state index is 12.1. The molecule has 2 aromatic heterocycles. The molecule has 16 heavy (non-hydrogen) atoms. The molecule has 0 spiro atoms. The van der Waals surface area contributed by atoms with Crippen LogP contribution in [-0.2, 0) is 12.8 Å². The number of hydrogen-bond donors (Lipinski definition) is 1. The molecule has 0 amide bonds. The summed E-state index contributed by atoms with van der Waals surface area (Å²) in [6, 6.07) is 0. The van der Waals surface area contributed by atoms with E-state index in [1.165, 1.54) is 24.1 Å². The lowest BCUT2D eigenvalue weighted by molar-refractivity contribution is 0.672. The van der Waals surface area contributed by atoms with Gasteiger partial charge in [-0.15, -0.1) is 0 Å². The summed E-state index contributed by atoms with van der Waals surface area (Å²) in [7, 11) is 0. The van der Waals surface area contributed by atoms with E-state index in [2.05, 4.69) is 10.1 Å². The maximum Gasteiger partial charge on any atom is 0.275 e. The van der Waals surface area contributed by atoms with Gasteiger partial charge >= 0.3 is 0 Å². The van der Waals surface area contributed by atoms with Crippen LogP contribution in [0.2, 0.25) is 0 Å². The van der Waals surface area contributed by atoms with Crippen LogP contribution in [0.5, 0.6) is 0 Å². The lowest BCUT2D eigenvalue weighted by atomic mass is 9.98. The summed E-state index contributed by atoms with van der Waals surface area (Å²) in [5, 5.41) is 3.19.